The number of aromatic nitrogens is 2. The van der Waals surface area contributed by atoms with Crippen molar-refractivity contribution < 1.29 is 14.3 Å². The molecule has 1 fully saturated rings. The molecule has 0 atom stereocenters. The molecule has 1 aromatic heterocycles. The van der Waals surface area contributed by atoms with Crippen molar-refractivity contribution in [2.45, 2.75) is 44.9 Å². The molecule has 1 N–H and O–H groups in total. The zero-order valence-electron chi connectivity index (χ0n) is 14.7. The van der Waals surface area contributed by atoms with Crippen LogP contribution in [0, 0.1) is 0 Å². The van der Waals surface area contributed by atoms with Gasteiger partial charge in [0.15, 0.2) is 0 Å². The number of carbonyl (C=O) groups excluding carboxylic acids is 1. The van der Waals surface area contributed by atoms with Crippen LogP contribution in [0.5, 0.6) is 0 Å². The fraction of sp³-hybridized carbons (Fsp3) is 0.706. The Labute approximate surface area is 147 Å². The van der Waals surface area contributed by atoms with E-state index in [4.69, 9.17) is 9.47 Å². The van der Waals surface area contributed by atoms with Crippen molar-refractivity contribution in [3.05, 3.63) is 27.9 Å². The first-order valence-electron chi connectivity index (χ1n) is 8.84. The lowest BCUT2D eigenvalue weighted by molar-refractivity contribution is -0.124. The van der Waals surface area contributed by atoms with Gasteiger partial charge in [0.25, 0.3) is 5.56 Å². The van der Waals surface area contributed by atoms with Crippen molar-refractivity contribution in [2.24, 2.45) is 0 Å². The van der Waals surface area contributed by atoms with Gasteiger partial charge in [-0.2, -0.15) is 0 Å². The molecule has 1 aromatic rings. The molecule has 3 rings (SSSR count). The van der Waals surface area contributed by atoms with E-state index in [9.17, 15) is 9.59 Å². The fourth-order valence-electron chi connectivity index (χ4n) is 3.48. The summed E-state index contributed by atoms with van der Waals surface area (Å²) in [5.74, 6) is 0.565. The van der Waals surface area contributed by atoms with Gasteiger partial charge in [0, 0.05) is 45.5 Å². The lowest BCUT2D eigenvalue weighted by atomic mass is 10.1. The van der Waals surface area contributed by atoms with Crippen molar-refractivity contribution in [1.29, 1.82) is 0 Å². The number of hydrogen-bond acceptors (Lipinski definition) is 6. The third kappa shape index (κ3) is 4.65. The van der Waals surface area contributed by atoms with Crippen LogP contribution in [0.2, 0.25) is 0 Å². The van der Waals surface area contributed by atoms with Crippen molar-refractivity contribution in [2.75, 3.05) is 33.5 Å². The maximum absolute atomic E-state index is 12.4. The zero-order chi connectivity index (χ0) is 17.6. The predicted molar refractivity (Wildman–Crippen MR) is 91.1 cm³/mol. The Kier molecular flexibility index (Phi) is 6.17. The highest BCUT2D eigenvalue weighted by Crippen LogP contribution is 2.19. The predicted octanol–water partition coefficient (Wildman–Crippen LogP) is -0.109. The molecule has 0 bridgehead atoms. The van der Waals surface area contributed by atoms with Gasteiger partial charge >= 0.3 is 0 Å². The molecule has 8 heteroatoms. The van der Waals surface area contributed by atoms with Crippen LogP contribution in [0.25, 0.3) is 0 Å². The quantitative estimate of drug-likeness (QED) is 0.798. The fourth-order valence-corrected chi connectivity index (χ4v) is 3.48. The number of nitrogens with one attached hydrogen (secondary N) is 1. The Balaban J connectivity index is 1.74. The van der Waals surface area contributed by atoms with Crippen LogP contribution in [0.15, 0.2) is 10.9 Å². The van der Waals surface area contributed by atoms with Crippen LogP contribution in [0.4, 0.5) is 0 Å². The van der Waals surface area contributed by atoms with Gasteiger partial charge in [-0.25, -0.2) is 4.98 Å². The molecule has 1 saturated heterocycles. The van der Waals surface area contributed by atoms with Gasteiger partial charge < -0.3 is 14.8 Å². The van der Waals surface area contributed by atoms with Crippen LogP contribution in [0.3, 0.4) is 0 Å². The summed E-state index contributed by atoms with van der Waals surface area (Å²) >= 11 is 0. The van der Waals surface area contributed by atoms with Crippen LogP contribution in [-0.2, 0) is 33.9 Å². The first-order valence-corrected chi connectivity index (χ1v) is 8.84. The minimum atomic E-state index is -0.219. The van der Waals surface area contributed by atoms with E-state index < -0.39 is 0 Å². The second-order valence-corrected chi connectivity index (χ2v) is 6.53. The van der Waals surface area contributed by atoms with Gasteiger partial charge in [0.1, 0.15) is 12.4 Å². The van der Waals surface area contributed by atoms with Crippen molar-refractivity contribution in [3.8, 4) is 0 Å². The number of hydrogen-bond donors (Lipinski definition) is 1. The average Bonchev–Trinajstić information content (AvgIpc) is 2.84. The maximum atomic E-state index is 12.4. The molecule has 25 heavy (non-hydrogen) atoms. The van der Waals surface area contributed by atoms with Gasteiger partial charge in [-0.3, -0.25) is 19.1 Å². The third-order valence-corrected chi connectivity index (χ3v) is 4.76. The molecule has 2 aliphatic heterocycles. The molecule has 8 nitrogen and oxygen atoms in total. The molecule has 138 valence electrons. The van der Waals surface area contributed by atoms with Crippen LogP contribution >= 0.6 is 0 Å². The van der Waals surface area contributed by atoms with E-state index in [1.807, 2.05) is 0 Å². The summed E-state index contributed by atoms with van der Waals surface area (Å²) in [5.41, 5.74) is 0.546. The summed E-state index contributed by atoms with van der Waals surface area (Å²) in [5, 5.41) is 2.72. The number of fused-ring (bicyclic) bond motifs is 1. The highest BCUT2D eigenvalue weighted by atomic mass is 16.5. The molecular weight excluding hydrogens is 324 g/mol. The molecule has 0 saturated carbocycles. The SMILES string of the molecule is COCC(=O)NCc1cc(=O)n2c(n1)CN(C1CCOCC1)CCC2. The van der Waals surface area contributed by atoms with Gasteiger partial charge in [-0.15, -0.1) is 0 Å². The Bertz CT molecular complexity index is 655. The molecule has 0 unspecified atom stereocenters. The van der Waals surface area contributed by atoms with E-state index in [1.165, 1.54) is 13.2 Å². The van der Waals surface area contributed by atoms with Crippen LogP contribution in [0.1, 0.15) is 30.8 Å². The summed E-state index contributed by atoms with van der Waals surface area (Å²) in [4.78, 5) is 31.0. The van der Waals surface area contributed by atoms with Crippen LogP contribution < -0.4 is 10.9 Å². The smallest absolute Gasteiger partial charge is 0.253 e. The second kappa shape index (κ2) is 8.55. The highest BCUT2D eigenvalue weighted by molar-refractivity contribution is 5.77. The number of rotatable bonds is 5. The topological polar surface area (TPSA) is 85.7 Å². The van der Waals surface area contributed by atoms with E-state index in [0.29, 0.717) is 24.8 Å². The summed E-state index contributed by atoms with van der Waals surface area (Å²) in [6.45, 7) is 4.16. The lowest BCUT2D eigenvalue weighted by Gasteiger charge is -2.33. The Hall–Kier alpha value is -1.77. The third-order valence-electron chi connectivity index (χ3n) is 4.76. The zero-order valence-corrected chi connectivity index (χ0v) is 14.7. The highest BCUT2D eigenvalue weighted by Gasteiger charge is 2.25. The molecule has 0 spiro atoms. The summed E-state index contributed by atoms with van der Waals surface area (Å²) in [6.07, 6.45) is 2.99. The first-order chi connectivity index (χ1) is 12.2. The maximum Gasteiger partial charge on any atom is 0.253 e. The molecule has 1 amide bonds. The Morgan fingerprint density at radius 2 is 2.20 bits per heavy atom. The van der Waals surface area contributed by atoms with E-state index in [-0.39, 0.29) is 24.6 Å². The monoisotopic (exact) mass is 350 g/mol. The number of methoxy groups -OCH3 is 1. The summed E-state index contributed by atoms with van der Waals surface area (Å²) in [7, 11) is 1.47. The standard InChI is InChI=1S/C17H26N4O4/c1-24-12-16(22)18-10-13-9-17(23)21-6-2-5-20(11-15(21)19-13)14-3-7-25-8-4-14/h9,14H,2-8,10-12H2,1H3,(H,18,22). The number of carbonyl (C=O) groups is 1. The van der Waals surface area contributed by atoms with E-state index >= 15 is 0 Å². The van der Waals surface area contributed by atoms with Gasteiger partial charge in [-0.1, -0.05) is 0 Å². The lowest BCUT2D eigenvalue weighted by Crippen LogP contribution is -2.39. The minimum Gasteiger partial charge on any atom is -0.381 e. The number of nitrogens with zero attached hydrogens (tertiary/aromatic N) is 3. The summed E-state index contributed by atoms with van der Waals surface area (Å²) < 4.78 is 12.0. The van der Waals surface area contributed by atoms with E-state index in [0.717, 1.165) is 44.8 Å². The molecule has 3 heterocycles. The number of ether oxygens (including phenoxy) is 2. The normalized spacial score (nSPS) is 19.2. The van der Waals surface area contributed by atoms with Crippen molar-refractivity contribution in [3.63, 3.8) is 0 Å². The molecule has 2 aliphatic rings. The van der Waals surface area contributed by atoms with Crippen molar-refractivity contribution >= 4 is 5.91 Å². The van der Waals surface area contributed by atoms with E-state index in [1.54, 1.807) is 4.57 Å². The Morgan fingerprint density at radius 3 is 2.96 bits per heavy atom. The molecular formula is C17H26N4O4. The second-order valence-electron chi connectivity index (χ2n) is 6.53. The number of amides is 1. The molecule has 0 aliphatic carbocycles. The van der Waals surface area contributed by atoms with Crippen LogP contribution in [-0.4, -0.2) is 59.9 Å². The minimum absolute atomic E-state index is 0.00144. The van der Waals surface area contributed by atoms with Gasteiger partial charge in [0.2, 0.25) is 5.91 Å². The van der Waals surface area contributed by atoms with Gasteiger partial charge in [-0.05, 0) is 19.3 Å². The largest absolute Gasteiger partial charge is 0.381 e. The molecule has 0 radical (unpaired) electrons. The van der Waals surface area contributed by atoms with E-state index in [2.05, 4.69) is 15.2 Å². The molecule has 0 aromatic carbocycles. The summed E-state index contributed by atoms with van der Waals surface area (Å²) in [6, 6.07) is 2.00. The van der Waals surface area contributed by atoms with Gasteiger partial charge in [0.05, 0.1) is 18.8 Å². The Morgan fingerprint density at radius 1 is 1.40 bits per heavy atom. The average molecular weight is 350 g/mol. The van der Waals surface area contributed by atoms with Crippen molar-refractivity contribution in [1.82, 2.24) is 19.8 Å². The first kappa shape index (κ1) is 18.0.